The smallest absolute Gasteiger partial charge is 0.411 e. The molecule has 3 amide bonds. The number of nitrogens with zero attached hydrogens (tertiary/aromatic N) is 1. The van der Waals surface area contributed by atoms with E-state index in [1.807, 2.05) is 0 Å². The first-order valence-corrected chi connectivity index (χ1v) is 14.7. The normalized spacial score (nSPS) is 21.6. The number of carbonyl (C=O) groups is 4. The molecule has 49 heavy (non-hydrogen) atoms. The molecule has 3 aromatic rings. The third kappa shape index (κ3) is 5.19. The van der Waals surface area contributed by atoms with Crippen LogP contribution in [0.1, 0.15) is 45.2 Å². The number of Topliss-reactive ketones (excluding diaryl/α,β-unsaturated/α-hetero) is 1. The predicted octanol–water partition coefficient (Wildman–Crippen LogP) is 5.79. The minimum Gasteiger partial charge on any atom is -0.566 e. The van der Waals surface area contributed by atoms with E-state index < -0.39 is 87.1 Å². The van der Waals surface area contributed by atoms with E-state index in [0.29, 0.717) is 47.7 Å². The van der Waals surface area contributed by atoms with Crippen molar-refractivity contribution in [3.8, 4) is 11.5 Å². The van der Waals surface area contributed by atoms with Gasteiger partial charge in [-0.15, -0.1) is 0 Å². The Balaban J connectivity index is 1.50. The quantitative estimate of drug-likeness (QED) is 0.107. The average Bonchev–Trinajstić information content (AvgIpc) is 3.73. The molecule has 2 bridgehead atoms. The number of alkyl halides is 6. The fourth-order valence-electron chi connectivity index (χ4n) is 7.18. The highest BCUT2D eigenvalue weighted by Gasteiger charge is 2.73. The van der Waals surface area contributed by atoms with Gasteiger partial charge in [-0.1, -0.05) is 36.4 Å². The number of benzene rings is 3. The fourth-order valence-corrected chi connectivity index (χ4v) is 7.18. The van der Waals surface area contributed by atoms with E-state index in [1.165, 1.54) is 31.2 Å². The Hall–Kier alpha value is -5.01. The Kier molecular flexibility index (Phi) is 8.19. The SMILES string of the molecule is [B]Oc1ccc(C(c2ccc(O[B])c(N3C(=O)C4C5C=CC(C5)C4C3=O)c2)(C(F)(F)F)C(F)(F)F)cc1NC(=O)c1cccc(C(C)=O)c1. The highest BCUT2D eigenvalue weighted by molar-refractivity contribution is 6.23. The molecule has 2 aliphatic carbocycles. The number of amides is 3. The molecule has 3 aromatic carbocycles. The molecule has 3 aliphatic rings. The van der Waals surface area contributed by atoms with Crippen molar-refractivity contribution in [2.75, 3.05) is 10.2 Å². The summed E-state index contributed by atoms with van der Waals surface area (Å²) in [5.74, 6) is -6.31. The van der Waals surface area contributed by atoms with Crippen molar-refractivity contribution in [3.63, 3.8) is 0 Å². The number of fused-ring (bicyclic) bond motifs is 5. The van der Waals surface area contributed by atoms with Gasteiger partial charge < -0.3 is 14.6 Å². The van der Waals surface area contributed by atoms with Gasteiger partial charge in [0.25, 0.3) is 5.91 Å². The van der Waals surface area contributed by atoms with E-state index in [1.54, 1.807) is 12.2 Å². The molecule has 4 atom stereocenters. The number of rotatable bonds is 8. The molecule has 6 rings (SSSR count). The van der Waals surface area contributed by atoms with Gasteiger partial charge >= 0.3 is 28.5 Å². The number of carbonyl (C=O) groups excluding carboxylic acids is 4. The molecular weight excluding hydrogens is 656 g/mol. The predicted molar refractivity (Wildman–Crippen MR) is 163 cm³/mol. The summed E-state index contributed by atoms with van der Waals surface area (Å²) < 4.78 is 101. The van der Waals surface area contributed by atoms with Crippen LogP contribution >= 0.6 is 0 Å². The molecule has 0 aromatic heterocycles. The van der Waals surface area contributed by atoms with E-state index in [0.717, 1.165) is 0 Å². The van der Waals surface area contributed by atoms with Crippen molar-refractivity contribution >= 4 is 51.0 Å². The molecule has 248 valence electrons. The van der Waals surface area contributed by atoms with E-state index in [-0.39, 0.29) is 23.0 Å². The molecule has 2 fully saturated rings. The van der Waals surface area contributed by atoms with E-state index in [2.05, 4.69) is 9.97 Å². The third-order valence-corrected chi connectivity index (χ3v) is 9.40. The monoisotopic (exact) mass is 678 g/mol. The second-order valence-electron chi connectivity index (χ2n) is 12.0. The lowest BCUT2D eigenvalue weighted by molar-refractivity contribution is -0.288. The van der Waals surface area contributed by atoms with Crippen molar-refractivity contribution < 1.29 is 54.8 Å². The summed E-state index contributed by atoms with van der Waals surface area (Å²) in [6.07, 6.45) is -8.18. The summed E-state index contributed by atoms with van der Waals surface area (Å²) in [5.41, 5.74) is -9.06. The van der Waals surface area contributed by atoms with Crippen LogP contribution in [0.25, 0.3) is 0 Å². The molecule has 1 N–H and O–H groups in total. The first kappa shape index (κ1) is 33.9. The van der Waals surface area contributed by atoms with Crippen LogP contribution in [0.15, 0.2) is 72.8 Å². The van der Waals surface area contributed by atoms with Crippen molar-refractivity contribution in [2.45, 2.75) is 31.1 Å². The number of allylic oxidation sites excluding steroid dienone is 2. The van der Waals surface area contributed by atoms with Gasteiger partial charge in [0.2, 0.25) is 17.2 Å². The lowest BCUT2D eigenvalue weighted by atomic mass is 9.72. The first-order valence-electron chi connectivity index (χ1n) is 14.7. The first-order chi connectivity index (χ1) is 23.0. The fraction of sp³-hybridized carbons (Fsp3) is 0.273. The number of hydrogen-bond acceptors (Lipinski definition) is 6. The number of ketones is 1. The van der Waals surface area contributed by atoms with Gasteiger partial charge in [-0.25, -0.2) is 4.90 Å². The van der Waals surface area contributed by atoms with Gasteiger partial charge in [-0.05, 0) is 72.7 Å². The standard InChI is InChI=1S/C33H22B2F6N2O6/c1-15(44)16-3-2-4-19(11-16)28(45)42-22-13-20(7-9-24(22)48-34)31(32(36,37)38,33(39,40)41)21-8-10-25(49-35)23(14-21)43-29(46)26-17-5-6-18(12-17)27(26)30(43)47/h2-11,13-14,17-18,26-27H,12H2,1H3,(H,42,45). The lowest BCUT2D eigenvalue weighted by Crippen LogP contribution is -2.55. The van der Waals surface area contributed by atoms with Crippen LogP contribution < -0.4 is 19.5 Å². The van der Waals surface area contributed by atoms with E-state index >= 15 is 26.3 Å². The van der Waals surface area contributed by atoms with Gasteiger partial charge in [0.1, 0.15) is 11.5 Å². The summed E-state index contributed by atoms with van der Waals surface area (Å²) in [6.45, 7) is 1.23. The Morgan fingerprint density at radius 2 is 1.31 bits per heavy atom. The Bertz CT molecular complexity index is 1890. The zero-order valence-corrected chi connectivity index (χ0v) is 25.3. The molecule has 4 unspecified atom stereocenters. The largest absolute Gasteiger partial charge is 0.566 e. The number of hydrogen-bond donors (Lipinski definition) is 1. The van der Waals surface area contributed by atoms with Crippen LogP contribution in [0, 0.1) is 23.7 Å². The van der Waals surface area contributed by atoms with Gasteiger partial charge in [0.15, 0.2) is 5.78 Å². The van der Waals surface area contributed by atoms with E-state index in [9.17, 15) is 19.2 Å². The molecule has 0 spiro atoms. The molecule has 16 heteroatoms. The molecule has 1 aliphatic heterocycles. The van der Waals surface area contributed by atoms with Crippen molar-refractivity contribution in [3.05, 3.63) is 95.1 Å². The summed E-state index contributed by atoms with van der Waals surface area (Å²) in [7, 11) is 10.6. The molecule has 4 radical (unpaired) electrons. The van der Waals surface area contributed by atoms with Gasteiger partial charge in [0, 0.05) is 11.1 Å². The Morgan fingerprint density at radius 1 is 0.776 bits per heavy atom. The van der Waals surface area contributed by atoms with Crippen LogP contribution in [0.2, 0.25) is 0 Å². The minimum absolute atomic E-state index is 0.119. The van der Waals surface area contributed by atoms with Gasteiger partial charge in [-0.2, -0.15) is 26.3 Å². The highest BCUT2D eigenvalue weighted by atomic mass is 19.4. The number of halogens is 6. The topological polar surface area (TPSA) is 102 Å². The van der Waals surface area contributed by atoms with Crippen LogP contribution in [0.3, 0.4) is 0 Å². The zero-order chi connectivity index (χ0) is 35.6. The van der Waals surface area contributed by atoms with E-state index in [4.69, 9.17) is 20.8 Å². The van der Waals surface area contributed by atoms with Crippen molar-refractivity contribution in [1.29, 1.82) is 0 Å². The van der Waals surface area contributed by atoms with Crippen molar-refractivity contribution in [1.82, 2.24) is 0 Å². The van der Waals surface area contributed by atoms with Crippen LogP contribution in [-0.4, -0.2) is 52.0 Å². The zero-order valence-electron chi connectivity index (χ0n) is 25.3. The second-order valence-corrected chi connectivity index (χ2v) is 12.0. The molecule has 1 saturated carbocycles. The number of nitrogens with one attached hydrogen (secondary N) is 1. The van der Waals surface area contributed by atoms with Crippen LogP contribution in [-0.2, 0) is 15.0 Å². The van der Waals surface area contributed by atoms with Crippen LogP contribution in [0.4, 0.5) is 37.7 Å². The highest BCUT2D eigenvalue weighted by Crippen LogP contribution is 2.59. The summed E-state index contributed by atoms with van der Waals surface area (Å²) in [5, 5.41) is 2.20. The number of anilines is 2. The van der Waals surface area contributed by atoms with Crippen molar-refractivity contribution in [2.24, 2.45) is 23.7 Å². The molecule has 8 nitrogen and oxygen atoms in total. The maximum absolute atomic E-state index is 15.2. The molecule has 1 saturated heterocycles. The maximum atomic E-state index is 15.2. The Labute approximate surface area is 277 Å². The van der Waals surface area contributed by atoms with Gasteiger partial charge in [0.05, 0.1) is 23.2 Å². The van der Waals surface area contributed by atoms with Crippen LogP contribution in [0.5, 0.6) is 11.5 Å². The van der Waals surface area contributed by atoms with Gasteiger partial charge in [-0.3, -0.25) is 19.2 Å². The summed E-state index contributed by atoms with van der Waals surface area (Å²) in [6, 6.07) is 8.39. The maximum Gasteiger partial charge on any atom is 0.411 e. The number of imide groups is 1. The summed E-state index contributed by atoms with van der Waals surface area (Å²) in [4.78, 5) is 52.4. The molecular formula is C33H22B2F6N2O6. The third-order valence-electron chi connectivity index (χ3n) is 9.40. The molecule has 1 heterocycles. The lowest BCUT2D eigenvalue weighted by Gasteiger charge is -2.39. The minimum atomic E-state index is -6.12. The Morgan fingerprint density at radius 3 is 1.84 bits per heavy atom. The average molecular weight is 678 g/mol. The summed E-state index contributed by atoms with van der Waals surface area (Å²) >= 11 is 0. The second kappa shape index (κ2) is 11.8.